The smallest absolute Gasteiger partial charge is 0.214 e. The van der Waals surface area contributed by atoms with E-state index in [1.54, 1.807) is 11.8 Å². The van der Waals surface area contributed by atoms with Gasteiger partial charge in [-0.05, 0) is 62.8 Å². The molecule has 3 aromatic rings. The van der Waals surface area contributed by atoms with E-state index < -0.39 is 0 Å². The lowest BCUT2D eigenvalue weighted by molar-refractivity contribution is 0.223. The number of halogens is 1. The first kappa shape index (κ1) is 22.2. The van der Waals surface area contributed by atoms with Crippen molar-refractivity contribution >= 4 is 28.1 Å². The van der Waals surface area contributed by atoms with Crippen molar-refractivity contribution in [3.63, 3.8) is 0 Å². The van der Waals surface area contributed by atoms with Crippen LogP contribution in [0, 0.1) is 4.77 Å². The second-order valence-corrected chi connectivity index (χ2v) is 7.95. The van der Waals surface area contributed by atoms with Gasteiger partial charge in [-0.15, -0.1) is 0 Å². The summed E-state index contributed by atoms with van der Waals surface area (Å²) in [5.74, 6) is 2.76. The summed E-state index contributed by atoms with van der Waals surface area (Å²) in [6.45, 7) is 6.95. The highest BCUT2D eigenvalue weighted by Crippen LogP contribution is 2.35. The molecule has 0 radical (unpaired) electrons. The molecule has 0 amide bonds. The number of H-pyrrole nitrogens is 1. The van der Waals surface area contributed by atoms with E-state index in [1.165, 1.54) is 0 Å². The van der Waals surface area contributed by atoms with Crippen LogP contribution >= 0.6 is 28.1 Å². The molecule has 0 spiro atoms. The van der Waals surface area contributed by atoms with Gasteiger partial charge in [0.25, 0.3) is 0 Å². The Morgan fingerprint density at radius 1 is 1.20 bits per heavy atom. The second-order valence-electron chi connectivity index (χ2n) is 6.71. The lowest BCUT2D eigenvalue weighted by atomic mass is 10.2. The number of ether oxygens (including phenoxy) is 3. The fourth-order valence-electron chi connectivity index (χ4n) is 2.94. The van der Waals surface area contributed by atoms with E-state index in [1.807, 2.05) is 57.2 Å². The molecule has 0 aliphatic rings. The normalized spacial score (nSPS) is 10.9. The molecule has 2 N–H and O–H groups in total. The summed E-state index contributed by atoms with van der Waals surface area (Å²) in [5.41, 5.74) is 5.15. The van der Waals surface area contributed by atoms with Crippen LogP contribution in [0.15, 0.2) is 40.9 Å². The monoisotopic (exact) mass is 492 g/mol. The highest BCUT2D eigenvalue weighted by atomic mass is 79.9. The minimum atomic E-state index is 0.0488. The minimum absolute atomic E-state index is 0.0488. The van der Waals surface area contributed by atoms with Crippen molar-refractivity contribution in [1.29, 1.82) is 0 Å². The third-order valence-electron chi connectivity index (χ3n) is 4.22. The quantitative estimate of drug-likeness (QED) is 0.394. The number of nitrogens with zero attached hydrogens (tertiary/aromatic N) is 2. The Kier molecular flexibility index (Phi) is 7.38. The topological polar surface area (TPSA) is 73.3 Å². The van der Waals surface area contributed by atoms with Crippen LogP contribution in [0.25, 0.3) is 11.4 Å². The van der Waals surface area contributed by atoms with Crippen LogP contribution in [0.5, 0.6) is 17.2 Å². The number of benzene rings is 2. The van der Waals surface area contributed by atoms with Crippen LogP contribution in [0.4, 0.5) is 0 Å². The van der Waals surface area contributed by atoms with E-state index in [4.69, 9.17) is 26.4 Å². The Morgan fingerprint density at radius 2 is 1.97 bits per heavy atom. The first-order valence-corrected chi connectivity index (χ1v) is 10.8. The SMILES string of the molecule is CCOc1cc(CNn2c(-c3ccccc3OC)n[nH]c2=S)c(Br)cc1OC(C)C. The van der Waals surface area contributed by atoms with E-state index in [9.17, 15) is 0 Å². The summed E-state index contributed by atoms with van der Waals surface area (Å²) in [6, 6.07) is 11.5. The lowest BCUT2D eigenvalue weighted by Gasteiger charge is -2.18. The van der Waals surface area contributed by atoms with Gasteiger partial charge >= 0.3 is 0 Å². The van der Waals surface area contributed by atoms with Crippen LogP contribution in [0.3, 0.4) is 0 Å². The Labute approximate surface area is 189 Å². The summed E-state index contributed by atoms with van der Waals surface area (Å²) >= 11 is 9.06. The summed E-state index contributed by atoms with van der Waals surface area (Å²) < 4.78 is 20.2. The summed E-state index contributed by atoms with van der Waals surface area (Å²) in [7, 11) is 1.63. The van der Waals surface area contributed by atoms with Gasteiger partial charge in [0.2, 0.25) is 4.77 Å². The van der Waals surface area contributed by atoms with Crippen molar-refractivity contribution in [3.8, 4) is 28.6 Å². The molecule has 9 heteroatoms. The molecule has 0 saturated heterocycles. The van der Waals surface area contributed by atoms with Gasteiger partial charge in [0, 0.05) is 4.47 Å². The van der Waals surface area contributed by atoms with Gasteiger partial charge in [0.05, 0.1) is 31.9 Å². The van der Waals surface area contributed by atoms with Crippen molar-refractivity contribution in [3.05, 3.63) is 51.2 Å². The average molecular weight is 493 g/mol. The van der Waals surface area contributed by atoms with Crippen molar-refractivity contribution in [2.45, 2.75) is 33.4 Å². The van der Waals surface area contributed by atoms with Crippen molar-refractivity contribution in [1.82, 2.24) is 14.9 Å². The van der Waals surface area contributed by atoms with Crippen LogP contribution in [-0.4, -0.2) is 34.7 Å². The zero-order chi connectivity index (χ0) is 21.7. The molecule has 7 nitrogen and oxygen atoms in total. The standard InChI is InChI=1S/C21H25BrN4O3S/c1-5-28-18-10-14(16(22)11-19(18)29-13(2)3)12-23-26-20(24-25-21(26)30)15-8-6-7-9-17(15)27-4/h6-11,13,23H,5,12H2,1-4H3,(H,25,30). The predicted molar refractivity (Wildman–Crippen MR) is 124 cm³/mol. The first-order valence-electron chi connectivity index (χ1n) is 9.61. The molecule has 0 fully saturated rings. The van der Waals surface area contributed by atoms with Gasteiger partial charge in [0.1, 0.15) is 5.75 Å². The molecule has 0 aliphatic carbocycles. The molecule has 1 aromatic heterocycles. The largest absolute Gasteiger partial charge is 0.496 e. The number of nitrogens with one attached hydrogen (secondary N) is 2. The Hall–Kier alpha value is -2.52. The number of methoxy groups -OCH3 is 1. The number of aromatic amines is 1. The Balaban J connectivity index is 1.90. The van der Waals surface area contributed by atoms with E-state index >= 15 is 0 Å². The maximum Gasteiger partial charge on any atom is 0.214 e. The maximum atomic E-state index is 5.88. The highest BCUT2D eigenvalue weighted by Gasteiger charge is 2.15. The zero-order valence-corrected chi connectivity index (χ0v) is 19.8. The van der Waals surface area contributed by atoms with Gasteiger partial charge in [-0.1, -0.05) is 28.1 Å². The van der Waals surface area contributed by atoms with Crippen LogP contribution in [0.2, 0.25) is 0 Å². The molecule has 0 bridgehead atoms. The molecular formula is C21H25BrN4O3S. The number of aromatic nitrogens is 3. The zero-order valence-electron chi connectivity index (χ0n) is 17.4. The van der Waals surface area contributed by atoms with Gasteiger partial charge < -0.3 is 19.6 Å². The van der Waals surface area contributed by atoms with E-state index in [-0.39, 0.29) is 6.10 Å². The van der Waals surface area contributed by atoms with Gasteiger partial charge in [-0.3, -0.25) is 0 Å². The first-order chi connectivity index (χ1) is 14.4. The summed E-state index contributed by atoms with van der Waals surface area (Å²) in [4.78, 5) is 0. The fraction of sp³-hybridized carbons (Fsp3) is 0.333. The van der Waals surface area contributed by atoms with Crippen molar-refractivity contribution in [2.75, 3.05) is 19.1 Å². The van der Waals surface area contributed by atoms with Gasteiger partial charge in [-0.2, -0.15) is 5.10 Å². The molecule has 0 saturated carbocycles. The predicted octanol–water partition coefficient (Wildman–Crippen LogP) is 5.31. The van der Waals surface area contributed by atoms with Crippen LogP contribution in [0.1, 0.15) is 26.3 Å². The molecule has 160 valence electrons. The van der Waals surface area contributed by atoms with Crippen molar-refractivity contribution in [2.24, 2.45) is 0 Å². The number of hydrogen-bond donors (Lipinski definition) is 2. The molecule has 0 unspecified atom stereocenters. The van der Waals surface area contributed by atoms with Gasteiger partial charge in [0.15, 0.2) is 17.3 Å². The maximum absolute atomic E-state index is 5.88. The van der Waals surface area contributed by atoms with Crippen LogP contribution in [-0.2, 0) is 6.54 Å². The number of rotatable bonds is 9. The Morgan fingerprint density at radius 3 is 2.67 bits per heavy atom. The van der Waals surface area contributed by atoms with Crippen LogP contribution < -0.4 is 19.6 Å². The highest BCUT2D eigenvalue weighted by molar-refractivity contribution is 9.10. The third-order valence-corrected chi connectivity index (χ3v) is 5.24. The number of hydrogen-bond acceptors (Lipinski definition) is 6. The molecule has 30 heavy (non-hydrogen) atoms. The molecular weight excluding hydrogens is 468 g/mol. The summed E-state index contributed by atoms with van der Waals surface area (Å²) in [5, 5.41) is 7.21. The van der Waals surface area contributed by atoms with E-state index in [0.717, 1.165) is 15.6 Å². The fourth-order valence-corrected chi connectivity index (χ4v) is 3.60. The molecule has 1 heterocycles. The molecule has 0 aliphatic heterocycles. The van der Waals surface area contributed by atoms with E-state index in [0.29, 0.717) is 41.0 Å². The minimum Gasteiger partial charge on any atom is -0.496 e. The van der Waals surface area contributed by atoms with E-state index in [2.05, 4.69) is 31.6 Å². The second kappa shape index (κ2) is 9.99. The summed E-state index contributed by atoms with van der Waals surface area (Å²) in [6.07, 6.45) is 0.0488. The molecule has 3 rings (SSSR count). The molecule has 2 aromatic carbocycles. The average Bonchev–Trinajstić information content (AvgIpc) is 3.09. The lowest BCUT2D eigenvalue weighted by Crippen LogP contribution is -2.17. The Bertz CT molecular complexity index is 1060. The van der Waals surface area contributed by atoms with Gasteiger partial charge in [-0.25, -0.2) is 9.77 Å². The number of para-hydroxylation sites is 1. The molecule has 0 atom stereocenters. The van der Waals surface area contributed by atoms with Crippen molar-refractivity contribution < 1.29 is 14.2 Å². The third kappa shape index (κ3) is 4.96.